The summed E-state index contributed by atoms with van der Waals surface area (Å²) in [4.78, 5) is 21.8. The highest BCUT2D eigenvalue weighted by Crippen LogP contribution is 2.26. The van der Waals surface area contributed by atoms with Crippen molar-refractivity contribution in [2.24, 2.45) is 0 Å². The van der Waals surface area contributed by atoms with E-state index in [0.29, 0.717) is 6.07 Å². The lowest BCUT2D eigenvalue weighted by atomic mass is 10.3. The number of carbonyl (C=O) groups is 2. The van der Waals surface area contributed by atoms with E-state index in [1.165, 1.54) is 6.92 Å². The van der Waals surface area contributed by atoms with Crippen LogP contribution in [0, 0.1) is 11.6 Å². The van der Waals surface area contributed by atoms with Crippen molar-refractivity contribution >= 4 is 29.3 Å². The van der Waals surface area contributed by atoms with Gasteiger partial charge in [0.05, 0.1) is 10.7 Å². The van der Waals surface area contributed by atoms with Crippen molar-refractivity contribution in [2.45, 2.75) is 13.0 Å². The first-order valence-corrected chi connectivity index (χ1v) is 5.14. The van der Waals surface area contributed by atoms with E-state index in [-0.39, 0.29) is 5.02 Å². The summed E-state index contributed by atoms with van der Waals surface area (Å²) in [6.07, 6.45) is 0. The Morgan fingerprint density at radius 2 is 2.00 bits per heavy atom. The zero-order valence-electron chi connectivity index (χ0n) is 9.13. The van der Waals surface area contributed by atoms with Gasteiger partial charge >= 0.3 is 12.0 Å². The van der Waals surface area contributed by atoms with E-state index in [4.69, 9.17) is 16.7 Å². The van der Waals surface area contributed by atoms with Crippen LogP contribution in [0.25, 0.3) is 0 Å². The second-order valence-electron chi connectivity index (χ2n) is 3.40. The molecule has 0 fully saturated rings. The topological polar surface area (TPSA) is 78.4 Å². The van der Waals surface area contributed by atoms with Gasteiger partial charge in [-0.3, -0.25) is 4.79 Å². The summed E-state index contributed by atoms with van der Waals surface area (Å²) < 4.78 is 26.0. The number of carbonyl (C=O) groups excluding carboxylic acids is 1. The van der Waals surface area contributed by atoms with Crippen LogP contribution in [0.5, 0.6) is 0 Å². The molecule has 3 N–H and O–H groups in total. The van der Waals surface area contributed by atoms with Crippen LogP contribution < -0.4 is 10.6 Å². The van der Waals surface area contributed by atoms with E-state index in [2.05, 4.69) is 0 Å². The third-order valence-corrected chi connectivity index (χ3v) is 2.26. The number of nitrogens with one attached hydrogen (secondary N) is 2. The number of urea groups is 1. The number of benzene rings is 1. The molecule has 1 rings (SSSR count). The summed E-state index contributed by atoms with van der Waals surface area (Å²) in [5, 5.41) is 12.3. The Morgan fingerprint density at radius 1 is 1.39 bits per heavy atom. The number of hydrogen-bond acceptors (Lipinski definition) is 2. The van der Waals surface area contributed by atoms with Crippen molar-refractivity contribution in [2.75, 3.05) is 5.32 Å². The van der Waals surface area contributed by atoms with Crippen LogP contribution in [0.3, 0.4) is 0 Å². The van der Waals surface area contributed by atoms with Crippen molar-refractivity contribution in [3.63, 3.8) is 0 Å². The number of rotatable bonds is 3. The van der Waals surface area contributed by atoms with Gasteiger partial charge in [-0.1, -0.05) is 11.6 Å². The van der Waals surface area contributed by atoms with Crippen molar-refractivity contribution in [3.05, 3.63) is 28.8 Å². The third kappa shape index (κ3) is 3.56. The number of hydrogen-bond donors (Lipinski definition) is 3. The Morgan fingerprint density at radius 3 is 2.50 bits per heavy atom. The molecule has 0 aliphatic rings. The maximum absolute atomic E-state index is 13.3. The van der Waals surface area contributed by atoms with Gasteiger partial charge in [0.15, 0.2) is 5.82 Å². The molecule has 1 aromatic rings. The Balaban J connectivity index is 2.80. The molecule has 1 aromatic carbocycles. The standard InChI is InChI=1S/C10H9ClF2N2O3/c1-4(9(16)17)14-10(18)15-8-6(11)2-5(12)3-7(8)13/h2-4H,1H3,(H,16,17)(H2,14,15,18)/t4-/m0/s1. The molecular formula is C10H9ClF2N2O3. The summed E-state index contributed by atoms with van der Waals surface area (Å²) in [7, 11) is 0. The molecule has 0 aliphatic heterocycles. The van der Waals surface area contributed by atoms with E-state index in [1.54, 1.807) is 0 Å². The molecule has 0 heterocycles. The Labute approximate surface area is 106 Å². The molecule has 8 heteroatoms. The van der Waals surface area contributed by atoms with Crippen LogP contribution in [-0.2, 0) is 4.79 Å². The molecule has 0 aromatic heterocycles. The average Bonchev–Trinajstić information content (AvgIpc) is 2.23. The zero-order valence-corrected chi connectivity index (χ0v) is 9.89. The average molecular weight is 279 g/mol. The molecular weight excluding hydrogens is 270 g/mol. The lowest BCUT2D eigenvalue weighted by molar-refractivity contribution is -0.138. The second-order valence-corrected chi connectivity index (χ2v) is 3.81. The van der Waals surface area contributed by atoms with Gasteiger partial charge in [-0.2, -0.15) is 0 Å². The molecule has 2 amide bonds. The van der Waals surface area contributed by atoms with Gasteiger partial charge in [0.1, 0.15) is 11.9 Å². The lowest BCUT2D eigenvalue weighted by Gasteiger charge is -2.12. The van der Waals surface area contributed by atoms with E-state index in [0.717, 1.165) is 6.07 Å². The minimum absolute atomic E-state index is 0.328. The highest BCUT2D eigenvalue weighted by Gasteiger charge is 2.17. The van der Waals surface area contributed by atoms with Gasteiger partial charge in [-0.05, 0) is 13.0 Å². The smallest absolute Gasteiger partial charge is 0.325 e. The number of halogens is 3. The van der Waals surface area contributed by atoms with Crippen molar-refractivity contribution < 1.29 is 23.5 Å². The van der Waals surface area contributed by atoms with Crippen LogP contribution in [0.15, 0.2) is 12.1 Å². The summed E-state index contributed by atoms with van der Waals surface area (Å²) in [5.41, 5.74) is -0.423. The highest BCUT2D eigenvalue weighted by molar-refractivity contribution is 6.33. The van der Waals surface area contributed by atoms with E-state index >= 15 is 0 Å². The molecule has 98 valence electrons. The number of amides is 2. The molecule has 0 unspecified atom stereocenters. The molecule has 5 nitrogen and oxygen atoms in total. The number of carboxylic acid groups (broad SMARTS) is 1. The monoisotopic (exact) mass is 278 g/mol. The normalized spacial score (nSPS) is 11.8. The van der Waals surface area contributed by atoms with Gasteiger partial charge in [-0.15, -0.1) is 0 Å². The summed E-state index contributed by atoms with van der Waals surface area (Å²) in [5.74, 6) is -3.20. The highest BCUT2D eigenvalue weighted by atomic mass is 35.5. The molecule has 0 bridgehead atoms. The molecule has 0 saturated heterocycles. The third-order valence-electron chi connectivity index (χ3n) is 1.96. The molecule has 18 heavy (non-hydrogen) atoms. The lowest BCUT2D eigenvalue weighted by Crippen LogP contribution is -2.41. The van der Waals surface area contributed by atoms with Gasteiger partial charge < -0.3 is 15.7 Å². The largest absolute Gasteiger partial charge is 0.480 e. The molecule has 0 aliphatic carbocycles. The van der Waals surface area contributed by atoms with Gasteiger partial charge in [-0.25, -0.2) is 13.6 Å². The van der Waals surface area contributed by atoms with Crippen LogP contribution >= 0.6 is 11.6 Å². The maximum atomic E-state index is 13.3. The van der Waals surface area contributed by atoms with Crippen LogP contribution in [0.2, 0.25) is 5.02 Å². The molecule has 1 atom stereocenters. The molecule has 0 spiro atoms. The maximum Gasteiger partial charge on any atom is 0.325 e. The summed E-state index contributed by atoms with van der Waals surface area (Å²) in [6, 6.07) is -0.757. The van der Waals surface area contributed by atoms with Gasteiger partial charge in [0, 0.05) is 6.07 Å². The Kier molecular flexibility index (Phi) is 4.43. The van der Waals surface area contributed by atoms with Gasteiger partial charge in [0.25, 0.3) is 0 Å². The van der Waals surface area contributed by atoms with Crippen LogP contribution in [-0.4, -0.2) is 23.1 Å². The quantitative estimate of drug-likeness (QED) is 0.793. The molecule has 0 saturated carbocycles. The van der Waals surface area contributed by atoms with E-state index < -0.39 is 35.4 Å². The fourth-order valence-electron chi connectivity index (χ4n) is 1.07. The van der Waals surface area contributed by atoms with Gasteiger partial charge in [0.2, 0.25) is 0 Å². The minimum atomic E-state index is -1.25. The van der Waals surface area contributed by atoms with Crippen molar-refractivity contribution in [3.8, 4) is 0 Å². The van der Waals surface area contributed by atoms with Crippen LogP contribution in [0.4, 0.5) is 19.3 Å². The number of anilines is 1. The predicted molar refractivity (Wildman–Crippen MR) is 60.6 cm³/mol. The summed E-state index contributed by atoms with van der Waals surface area (Å²) >= 11 is 5.54. The van der Waals surface area contributed by atoms with Crippen molar-refractivity contribution in [1.29, 1.82) is 0 Å². The first kappa shape index (κ1) is 14.2. The first-order chi connectivity index (χ1) is 8.31. The second kappa shape index (κ2) is 5.63. The SMILES string of the molecule is C[C@H](NC(=O)Nc1c(F)cc(F)cc1Cl)C(=O)O. The Bertz CT molecular complexity index is 473. The zero-order chi connectivity index (χ0) is 13.9. The van der Waals surface area contributed by atoms with Crippen molar-refractivity contribution in [1.82, 2.24) is 5.32 Å². The molecule has 0 radical (unpaired) electrons. The number of aliphatic carboxylic acids is 1. The first-order valence-electron chi connectivity index (χ1n) is 4.76. The van der Waals surface area contributed by atoms with E-state index in [9.17, 15) is 18.4 Å². The predicted octanol–water partition coefficient (Wildman–Crippen LogP) is 2.21. The Hall–Kier alpha value is -1.89. The number of carboxylic acids is 1. The van der Waals surface area contributed by atoms with Crippen LogP contribution in [0.1, 0.15) is 6.92 Å². The summed E-state index contributed by atoms with van der Waals surface area (Å²) in [6.45, 7) is 1.23. The minimum Gasteiger partial charge on any atom is -0.480 e. The fourth-order valence-corrected chi connectivity index (χ4v) is 1.31. The fraction of sp³-hybridized carbons (Fsp3) is 0.200. The van der Waals surface area contributed by atoms with E-state index in [1.807, 2.05) is 10.6 Å².